The van der Waals surface area contributed by atoms with Gasteiger partial charge in [-0.15, -0.1) is 0 Å². The van der Waals surface area contributed by atoms with Crippen LogP contribution in [-0.2, 0) is 0 Å². The molecule has 7 heteroatoms. The Labute approximate surface area is 176 Å². The lowest BCUT2D eigenvalue weighted by Crippen LogP contribution is -2.18. The van der Waals surface area contributed by atoms with Crippen LogP contribution in [0.4, 0.5) is 0 Å². The number of amides is 1. The van der Waals surface area contributed by atoms with E-state index in [2.05, 4.69) is 33.1 Å². The number of methoxy groups -OCH3 is 3. The van der Waals surface area contributed by atoms with Gasteiger partial charge in [0.2, 0.25) is 0 Å². The Morgan fingerprint density at radius 3 is 2.29 bits per heavy atom. The largest absolute Gasteiger partial charge is 0.496 e. The van der Waals surface area contributed by atoms with Crippen molar-refractivity contribution in [3.8, 4) is 17.2 Å². The molecule has 0 saturated heterocycles. The summed E-state index contributed by atoms with van der Waals surface area (Å²) in [5.41, 5.74) is 3.74. The van der Waals surface area contributed by atoms with Crippen molar-refractivity contribution >= 4 is 45.5 Å². The van der Waals surface area contributed by atoms with Gasteiger partial charge in [0.25, 0.3) is 5.91 Å². The highest BCUT2D eigenvalue weighted by Gasteiger charge is 2.13. The second-order valence-corrected chi connectivity index (χ2v) is 7.00. The summed E-state index contributed by atoms with van der Waals surface area (Å²) in [6.45, 7) is 0. The van der Waals surface area contributed by atoms with Crippen LogP contribution in [-0.4, -0.2) is 33.5 Å². The van der Waals surface area contributed by atoms with Crippen molar-refractivity contribution in [2.75, 3.05) is 21.3 Å². The summed E-state index contributed by atoms with van der Waals surface area (Å²) in [5.74, 6) is 1.39. The third-order valence-electron chi connectivity index (χ3n) is 4.15. The van der Waals surface area contributed by atoms with E-state index in [1.54, 1.807) is 32.6 Å². The molecule has 0 aromatic heterocycles. The highest BCUT2D eigenvalue weighted by Crippen LogP contribution is 2.33. The van der Waals surface area contributed by atoms with Gasteiger partial charge < -0.3 is 14.2 Å². The van der Waals surface area contributed by atoms with Gasteiger partial charge in [0.1, 0.15) is 5.75 Å². The number of nitrogens with zero attached hydrogens (tertiary/aromatic N) is 1. The Morgan fingerprint density at radius 1 is 0.964 bits per heavy atom. The molecule has 28 heavy (non-hydrogen) atoms. The Balaban J connectivity index is 1.82. The van der Waals surface area contributed by atoms with Crippen LogP contribution < -0.4 is 19.6 Å². The molecule has 0 fully saturated rings. The van der Waals surface area contributed by atoms with Gasteiger partial charge >= 0.3 is 0 Å². The second kappa shape index (κ2) is 8.92. The standard InChI is InChI=1S/C21H19IN2O4/c1-26-18-11-15-7-5-4-6-14(15)10-16(18)21(25)24-23-12-13-8-17(22)20(28-3)19(9-13)27-2/h4-12H,1-3H3,(H,24,25)/b23-12-. The van der Waals surface area contributed by atoms with Crippen LogP contribution in [0.25, 0.3) is 10.8 Å². The number of halogens is 1. The molecular formula is C21H19IN2O4. The number of ether oxygens (including phenoxy) is 3. The van der Waals surface area contributed by atoms with E-state index in [9.17, 15) is 4.79 Å². The molecule has 0 atom stereocenters. The Morgan fingerprint density at radius 2 is 1.64 bits per heavy atom. The average molecular weight is 490 g/mol. The molecule has 3 rings (SSSR count). The summed E-state index contributed by atoms with van der Waals surface area (Å²) < 4.78 is 16.9. The van der Waals surface area contributed by atoms with Crippen LogP contribution >= 0.6 is 22.6 Å². The molecule has 6 nitrogen and oxygen atoms in total. The Bertz CT molecular complexity index is 1050. The first kappa shape index (κ1) is 19.9. The van der Waals surface area contributed by atoms with Gasteiger partial charge in [-0.25, -0.2) is 5.43 Å². The maximum Gasteiger partial charge on any atom is 0.275 e. The summed E-state index contributed by atoms with van der Waals surface area (Å²) >= 11 is 2.16. The van der Waals surface area contributed by atoms with E-state index >= 15 is 0 Å². The lowest BCUT2D eigenvalue weighted by atomic mass is 10.1. The number of carbonyl (C=O) groups excluding carboxylic acids is 1. The maximum absolute atomic E-state index is 12.6. The summed E-state index contributed by atoms with van der Waals surface area (Å²) in [5, 5.41) is 6.02. The lowest BCUT2D eigenvalue weighted by molar-refractivity contribution is 0.0952. The van der Waals surface area contributed by atoms with Crippen LogP contribution in [0.3, 0.4) is 0 Å². The molecule has 0 radical (unpaired) electrons. The van der Waals surface area contributed by atoms with E-state index in [0.29, 0.717) is 22.8 Å². The Hall–Kier alpha value is -2.81. The average Bonchev–Trinajstić information content (AvgIpc) is 2.72. The molecule has 0 aliphatic carbocycles. The number of hydrogen-bond acceptors (Lipinski definition) is 5. The van der Waals surface area contributed by atoms with E-state index < -0.39 is 0 Å². The topological polar surface area (TPSA) is 69.2 Å². The van der Waals surface area contributed by atoms with E-state index in [-0.39, 0.29) is 5.91 Å². The van der Waals surface area contributed by atoms with E-state index in [0.717, 1.165) is 19.9 Å². The first-order valence-electron chi connectivity index (χ1n) is 8.39. The quantitative estimate of drug-likeness (QED) is 0.319. The molecule has 0 unspecified atom stereocenters. The smallest absolute Gasteiger partial charge is 0.275 e. The Kier molecular flexibility index (Phi) is 6.35. The number of hydrogen-bond donors (Lipinski definition) is 1. The fourth-order valence-electron chi connectivity index (χ4n) is 2.80. The van der Waals surface area contributed by atoms with Gasteiger partial charge in [0.15, 0.2) is 11.5 Å². The molecule has 0 spiro atoms. The zero-order valence-electron chi connectivity index (χ0n) is 15.7. The molecule has 0 bridgehead atoms. The number of nitrogens with one attached hydrogen (secondary N) is 1. The van der Waals surface area contributed by atoms with Crippen LogP contribution in [0.2, 0.25) is 0 Å². The highest BCUT2D eigenvalue weighted by atomic mass is 127. The van der Waals surface area contributed by atoms with Crippen molar-refractivity contribution in [3.05, 3.63) is 63.2 Å². The molecule has 144 valence electrons. The zero-order valence-corrected chi connectivity index (χ0v) is 17.8. The van der Waals surface area contributed by atoms with Crippen LogP contribution in [0.5, 0.6) is 17.2 Å². The maximum atomic E-state index is 12.6. The third kappa shape index (κ3) is 4.19. The lowest BCUT2D eigenvalue weighted by Gasteiger charge is -2.10. The zero-order chi connectivity index (χ0) is 20.1. The molecule has 3 aromatic rings. The van der Waals surface area contributed by atoms with Gasteiger partial charge in [0.05, 0.1) is 36.7 Å². The monoisotopic (exact) mass is 490 g/mol. The van der Waals surface area contributed by atoms with Crippen molar-refractivity contribution in [2.24, 2.45) is 5.10 Å². The van der Waals surface area contributed by atoms with Crippen molar-refractivity contribution in [1.82, 2.24) is 5.43 Å². The van der Waals surface area contributed by atoms with Crippen LogP contribution in [0.15, 0.2) is 53.6 Å². The minimum atomic E-state index is -0.353. The molecule has 1 N–H and O–H groups in total. The number of rotatable bonds is 6. The van der Waals surface area contributed by atoms with Crippen molar-refractivity contribution < 1.29 is 19.0 Å². The van der Waals surface area contributed by atoms with Gasteiger partial charge in [-0.05, 0) is 63.2 Å². The predicted molar refractivity (Wildman–Crippen MR) is 118 cm³/mol. The molecule has 0 heterocycles. The second-order valence-electron chi connectivity index (χ2n) is 5.84. The minimum Gasteiger partial charge on any atom is -0.496 e. The fourth-order valence-corrected chi connectivity index (χ4v) is 3.65. The predicted octanol–water partition coefficient (Wildman–Crippen LogP) is 4.23. The fraction of sp³-hybridized carbons (Fsp3) is 0.143. The number of fused-ring (bicyclic) bond motifs is 1. The molecule has 0 aliphatic rings. The molecule has 0 saturated carbocycles. The minimum absolute atomic E-state index is 0.353. The van der Waals surface area contributed by atoms with E-state index in [1.165, 1.54) is 7.11 Å². The third-order valence-corrected chi connectivity index (χ3v) is 4.95. The number of hydrazone groups is 1. The number of carbonyl (C=O) groups is 1. The molecule has 3 aromatic carbocycles. The van der Waals surface area contributed by atoms with Gasteiger partial charge in [-0.1, -0.05) is 24.3 Å². The normalized spacial score (nSPS) is 10.9. The van der Waals surface area contributed by atoms with Gasteiger partial charge in [-0.2, -0.15) is 5.10 Å². The SMILES string of the molecule is COc1cc2ccccc2cc1C(=O)N/N=C\c1cc(I)c(OC)c(OC)c1. The highest BCUT2D eigenvalue weighted by molar-refractivity contribution is 14.1. The van der Waals surface area contributed by atoms with Gasteiger partial charge in [0, 0.05) is 0 Å². The van der Waals surface area contributed by atoms with Crippen molar-refractivity contribution in [2.45, 2.75) is 0 Å². The van der Waals surface area contributed by atoms with E-state index in [4.69, 9.17) is 14.2 Å². The summed E-state index contributed by atoms with van der Waals surface area (Å²) in [6, 6.07) is 15.1. The van der Waals surface area contributed by atoms with E-state index in [1.807, 2.05) is 36.4 Å². The number of benzene rings is 3. The first-order chi connectivity index (χ1) is 13.6. The van der Waals surface area contributed by atoms with Crippen molar-refractivity contribution in [1.29, 1.82) is 0 Å². The van der Waals surface area contributed by atoms with Crippen LogP contribution in [0.1, 0.15) is 15.9 Å². The summed E-state index contributed by atoms with van der Waals surface area (Å²) in [4.78, 5) is 12.6. The van der Waals surface area contributed by atoms with Gasteiger partial charge in [-0.3, -0.25) is 4.79 Å². The summed E-state index contributed by atoms with van der Waals surface area (Å²) in [6.07, 6.45) is 1.55. The van der Waals surface area contributed by atoms with Crippen molar-refractivity contribution in [3.63, 3.8) is 0 Å². The molecule has 1 amide bonds. The molecular weight excluding hydrogens is 471 g/mol. The first-order valence-corrected chi connectivity index (χ1v) is 9.47. The summed E-state index contributed by atoms with van der Waals surface area (Å²) in [7, 11) is 4.70. The van der Waals surface area contributed by atoms with Crippen LogP contribution in [0, 0.1) is 3.57 Å². The molecule has 0 aliphatic heterocycles.